The fourth-order valence-electron chi connectivity index (χ4n) is 3.07. The van der Waals surface area contributed by atoms with E-state index < -0.39 is 0 Å². The smallest absolute Gasteiger partial charge is 0.142 e. The van der Waals surface area contributed by atoms with Crippen molar-refractivity contribution in [2.24, 2.45) is 0 Å². The number of hydrogen-bond donors (Lipinski definition) is 2. The van der Waals surface area contributed by atoms with E-state index in [0.717, 1.165) is 19.6 Å². The first-order chi connectivity index (χ1) is 7.86. The van der Waals surface area contributed by atoms with Gasteiger partial charge in [-0.3, -0.25) is 0 Å². The molecule has 0 aromatic heterocycles. The van der Waals surface area contributed by atoms with Crippen LogP contribution in [0.3, 0.4) is 0 Å². The molecular formula is C13H19BN2. The molecule has 2 N–H and O–H groups in total. The lowest BCUT2D eigenvalue weighted by atomic mass is 9.80. The molecule has 2 nitrogen and oxygen atoms in total. The molecule has 0 atom stereocenters. The third-order valence-corrected chi connectivity index (χ3v) is 3.93. The second-order valence-electron chi connectivity index (χ2n) is 4.95. The zero-order chi connectivity index (χ0) is 11.0. The Morgan fingerprint density at radius 2 is 1.88 bits per heavy atom. The van der Waals surface area contributed by atoms with Crippen LogP contribution in [0.1, 0.15) is 23.1 Å². The van der Waals surface area contributed by atoms with E-state index in [0.29, 0.717) is 0 Å². The van der Waals surface area contributed by atoms with Gasteiger partial charge in [-0.25, -0.2) is 0 Å². The second kappa shape index (κ2) is 4.13. The van der Waals surface area contributed by atoms with Crippen molar-refractivity contribution in [1.82, 2.24) is 5.32 Å². The van der Waals surface area contributed by atoms with E-state index in [1.165, 1.54) is 36.8 Å². The molecule has 84 valence electrons. The van der Waals surface area contributed by atoms with E-state index in [4.69, 9.17) is 0 Å². The van der Waals surface area contributed by atoms with Gasteiger partial charge in [-0.05, 0) is 55.5 Å². The van der Waals surface area contributed by atoms with Crippen LogP contribution in [0.4, 0.5) is 5.69 Å². The summed E-state index contributed by atoms with van der Waals surface area (Å²) in [4.78, 5) is 0. The van der Waals surface area contributed by atoms with Crippen molar-refractivity contribution in [3.8, 4) is 0 Å². The predicted octanol–water partition coefficient (Wildman–Crippen LogP) is -0.00870. The normalized spacial score (nSPS) is 19.2. The van der Waals surface area contributed by atoms with Crippen LogP contribution in [0.25, 0.3) is 0 Å². The van der Waals surface area contributed by atoms with Crippen LogP contribution in [-0.4, -0.2) is 27.5 Å². The highest BCUT2D eigenvalue weighted by Crippen LogP contribution is 2.24. The molecule has 2 aliphatic rings. The predicted molar refractivity (Wildman–Crippen MR) is 71.7 cm³/mol. The maximum atomic E-state index is 3.58. The van der Waals surface area contributed by atoms with E-state index in [9.17, 15) is 0 Å². The van der Waals surface area contributed by atoms with E-state index >= 15 is 0 Å². The van der Waals surface area contributed by atoms with Crippen molar-refractivity contribution in [2.45, 2.75) is 25.7 Å². The minimum atomic E-state index is 1.13. The third kappa shape index (κ3) is 1.63. The second-order valence-corrected chi connectivity index (χ2v) is 4.95. The van der Waals surface area contributed by atoms with Crippen molar-refractivity contribution in [3.63, 3.8) is 0 Å². The number of benzene rings is 1. The number of rotatable bonds is 0. The van der Waals surface area contributed by atoms with Crippen LogP contribution in [0, 0.1) is 0 Å². The molecule has 3 rings (SSSR count). The summed E-state index contributed by atoms with van der Waals surface area (Å²) in [6, 6.07) is 2.46. The van der Waals surface area contributed by atoms with Crippen molar-refractivity contribution >= 4 is 19.0 Å². The van der Waals surface area contributed by atoms with Gasteiger partial charge >= 0.3 is 0 Å². The number of fused-ring (bicyclic) bond motifs is 2. The molecule has 3 heteroatoms. The fourth-order valence-corrected chi connectivity index (χ4v) is 3.07. The summed E-state index contributed by atoms with van der Waals surface area (Å²) in [5.41, 5.74) is 7.68. The molecule has 0 saturated heterocycles. The van der Waals surface area contributed by atoms with Crippen LogP contribution in [-0.2, 0) is 19.3 Å². The summed E-state index contributed by atoms with van der Waals surface area (Å²) < 4.78 is 0. The standard InChI is InChI=1S/C13H19BN2/c14-12-11-4-7-15-6-3-9(11)8-10-2-1-5-16-13(10)12/h8,15-16H,1-7,14H2. The lowest BCUT2D eigenvalue weighted by Crippen LogP contribution is -2.25. The Bertz CT molecular complexity index is 415. The van der Waals surface area contributed by atoms with Crippen molar-refractivity contribution in [2.75, 3.05) is 25.0 Å². The zero-order valence-electron chi connectivity index (χ0n) is 10.0. The van der Waals surface area contributed by atoms with Gasteiger partial charge in [0.25, 0.3) is 0 Å². The van der Waals surface area contributed by atoms with E-state index in [2.05, 4.69) is 24.5 Å². The molecule has 0 amide bonds. The summed E-state index contributed by atoms with van der Waals surface area (Å²) in [5.74, 6) is 0. The molecule has 0 saturated carbocycles. The Hall–Kier alpha value is -0.955. The van der Waals surface area contributed by atoms with Gasteiger partial charge < -0.3 is 10.6 Å². The largest absolute Gasteiger partial charge is 0.385 e. The summed E-state index contributed by atoms with van der Waals surface area (Å²) in [5, 5.41) is 7.07. The molecule has 0 bridgehead atoms. The van der Waals surface area contributed by atoms with Crippen LogP contribution in [0.5, 0.6) is 0 Å². The Kier molecular flexibility index (Phi) is 2.64. The molecule has 16 heavy (non-hydrogen) atoms. The Morgan fingerprint density at radius 1 is 1.00 bits per heavy atom. The van der Waals surface area contributed by atoms with Gasteiger partial charge in [0.1, 0.15) is 7.85 Å². The highest BCUT2D eigenvalue weighted by molar-refractivity contribution is 6.37. The Morgan fingerprint density at radius 3 is 2.81 bits per heavy atom. The number of aryl methyl sites for hydroxylation is 1. The molecule has 0 radical (unpaired) electrons. The summed E-state index contributed by atoms with van der Waals surface area (Å²) in [6.07, 6.45) is 4.92. The third-order valence-electron chi connectivity index (χ3n) is 3.93. The molecule has 1 aromatic carbocycles. The number of nitrogens with one attached hydrogen (secondary N) is 2. The Labute approximate surface area is 98.2 Å². The Balaban J connectivity index is 2.12. The summed E-state index contributed by atoms with van der Waals surface area (Å²) in [7, 11) is 2.29. The van der Waals surface area contributed by atoms with E-state index in [1.807, 2.05) is 0 Å². The molecule has 1 aromatic rings. The van der Waals surface area contributed by atoms with Gasteiger partial charge in [-0.1, -0.05) is 11.5 Å². The van der Waals surface area contributed by atoms with Crippen LogP contribution >= 0.6 is 0 Å². The van der Waals surface area contributed by atoms with Crippen molar-refractivity contribution in [1.29, 1.82) is 0 Å². The topological polar surface area (TPSA) is 24.1 Å². The molecule has 0 fully saturated rings. The lowest BCUT2D eigenvalue weighted by molar-refractivity contribution is 0.711. The fraction of sp³-hybridized carbons (Fsp3) is 0.538. The highest BCUT2D eigenvalue weighted by Gasteiger charge is 2.18. The average Bonchev–Trinajstić information content (AvgIpc) is 2.55. The summed E-state index contributed by atoms with van der Waals surface area (Å²) >= 11 is 0. The van der Waals surface area contributed by atoms with Crippen LogP contribution in [0.2, 0.25) is 0 Å². The van der Waals surface area contributed by atoms with Gasteiger partial charge in [0.05, 0.1) is 0 Å². The maximum absolute atomic E-state index is 3.58. The summed E-state index contributed by atoms with van der Waals surface area (Å²) in [6.45, 7) is 3.41. The van der Waals surface area contributed by atoms with Gasteiger partial charge in [0, 0.05) is 12.2 Å². The van der Waals surface area contributed by atoms with Crippen molar-refractivity contribution < 1.29 is 0 Å². The first-order valence-electron chi connectivity index (χ1n) is 6.45. The van der Waals surface area contributed by atoms with Crippen LogP contribution in [0.15, 0.2) is 6.07 Å². The quantitative estimate of drug-likeness (QED) is 0.593. The average molecular weight is 214 g/mol. The number of anilines is 1. The minimum Gasteiger partial charge on any atom is -0.385 e. The molecule has 2 heterocycles. The molecule has 0 spiro atoms. The highest BCUT2D eigenvalue weighted by atomic mass is 14.9. The van der Waals surface area contributed by atoms with Crippen molar-refractivity contribution in [3.05, 3.63) is 22.8 Å². The lowest BCUT2D eigenvalue weighted by Gasteiger charge is -2.24. The zero-order valence-corrected chi connectivity index (χ0v) is 10.0. The van der Waals surface area contributed by atoms with E-state index in [-0.39, 0.29) is 0 Å². The first kappa shape index (κ1) is 10.2. The SMILES string of the molecule is Bc1c2c(cc3c1NCCC3)CCNCC2. The van der Waals surface area contributed by atoms with Gasteiger partial charge in [0.2, 0.25) is 0 Å². The van der Waals surface area contributed by atoms with E-state index in [1.54, 1.807) is 16.7 Å². The molecule has 2 aliphatic heterocycles. The van der Waals surface area contributed by atoms with Gasteiger partial charge in [-0.2, -0.15) is 0 Å². The minimum absolute atomic E-state index is 1.13. The maximum Gasteiger partial charge on any atom is 0.142 e. The molecular weight excluding hydrogens is 195 g/mol. The molecule has 0 aliphatic carbocycles. The number of hydrogen-bond acceptors (Lipinski definition) is 2. The van der Waals surface area contributed by atoms with Gasteiger partial charge in [-0.15, -0.1) is 0 Å². The first-order valence-corrected chi connectivity index (χ1v) is 6.45. The molecule has 0 unspecified atom stereocenters. The van der Waals surface area contributed by atoms with Crippen LogP contribution < -0.4 is 16.1 Å². The monoisotopic (exact) mass is 214 g/mol. The van der Waals surface area contributed by atoms with Gasteiger partial charge in [0.15, 0.2) is 0 Å².